The van der Waals surface area contributed by atoms with Gasteiger partial charge in [-0.25, -0.2) is 9.97 Å². The van der Waals surface area contributed by atoms with Crippen molar-refractivity contribution in [2.24, 2.45) is 0 Å². The van der Waals surface area contributed by atoms with Crippen molar-refractivity contribution >= 4 is 22.5 Å². The molecule has 0 amide bonds. The summed E-state index contributed by atoms with van der Waals surface area (Å²) >= 11 is 0. The summed E-state index contributed by atoms with van der Waals surface area (Å²) in [4.78, 5) is 12.9. The lowest BCUT2D eigenvalue weighted by atomic mass is 9.77. The molecule has 8 rings (SSSR count). The highest BCUT2D eigenvalue weighted by molar-refractivity contribution is 5.91. The Hall–Kier alpha value is -7.32. The Kier molecular flexibility index (Phi) is 11.4. The second-order valence-electron chi connectivity index (χ2n) is 14.2. The van der Waals surface area contributed by atoms with Gasteiger partial charge in [-0.2, -0.15) is 0 Å². The number of aromatic nitrogens is 2. The topological polar surface area (TPSA) is 78.0 Å². The number of hydrogen-bond donors (Lipinski definition) is 1. The van der Waals surface area contributed by atoms with Gasteiger partial charge in [0.15, 0.2) is 0 Å². The van der Waals surface area contributed by atoms with Crippen LogP contribution in [0.1, 0.15) is 27.8 Å². The van der Waals surface area contributed by atoms with Crippen LogP contribution in [-0.2, 0) is 18.6 Å². The summed E-state index contributed by atoms with van der Waals surface area (Å²) in [5.41, 5.74) is 7.29. The predicted molar refractivity (Wildman–Crippen MR) is 237 cm³/mol. The summed E-state index contributed by atoms with van der Waals surface area (Å²) in [6, 6.07) is 58.0. The van der Waals surface area contributed by atoms with Crippen molar-refractivity contribution in [2.45, 2.75) is 18.6 Å². The fourth-order valence-corrected chi connectivity index (χ4v) is 7.62. The van der Waals surface area contributed by atoms with Crippen molar-refractivity contribution < 1.29 is 18.9 Å². The van der Waals surface area contributed by atoms with Gasteiger partial charge >= 0.3 is 0 Å². The molecule has 8 heteroatoms. The summed E-state index contributed by atoms with van der Waals surface area (Å²) in [6.45, 7) is 1.13. The molecule has 0 spiro atoms. The number of nitrogens with zero attached hydrogens (tertiary/aromatic N) is 3. The average Bonchev–Trinajstić information content (AvgIpc) is 3.31. The van der Waals surface area contributed by atoms with Crippen LogP contribution in [0.2, 0.25) is 0 Å². The highest BCUT2D eigenvalue weighted by atomic mass is 16.5. The zero-order chi connectivity index (χ0) is 40.6. The Morgan fingerprint density at radius 1 is 0.508 bits per heavy atom. The van der Waals surface area contributed by atoms with Gasteiger partial charge in [-0.1, -0.05) is 115 Å². The van der Waals surface area contributed by atoms with E-state index >= 15 is 0 Å². The lowest BCUT2D eigenvalue weighted by molar-refractivity contribution is 0.394. The second kappa shape index (κ2) is 17.4. The van der Waals surface area contributed by atoms with Gasteiger partial charge in [-0.15, -0.1) is 0 Å². The normalized spacial score (nSPS) is 11.2. The first-order valence-corrected chi connectivity index (χ1v) is 19.5. The van der Waals surface area contributed by atoms with E-state index in [4.69, 9.17) is 28.9 Å². The molecule has 8 aromatic rings. The van der Waals surface area contributed by atoms with E-state index in [1.807, 2.05) is 66.9 Å². The fraction of sp³-hybridized carbons (Fsp3) is 0.137. The van der Waals surface area contributed by atoms with Crippen LogP contribution in [0.15, 0.2) is 176 Å². The molecule has 0 atom stereocenters. The van der Waals surface area contributed by atoms with Crippen molar-refractivity contribution in [3.05, 3.63) is 204 Å². The smallest absolute Gasteiger partial charge is 0.137 e. The molecule has 8 nitrogen and oxygen atoms in total. The lowest BCUT2D eigenvalue weighted by Gasteiger charge is -2.37. The number of hydrogen-bond acceptors (Lipinski definition) is 8. The quantitative estimate of drug-likeness (QED) is 0.103. The van der Waals surface area contributed by atoms with E-state index in [1.54, 1.807) is 28.4 Å². The van der Waals surface area contributed by atoms with Gasteiger partial charge in [-0.05, 0) is 75.8 Å². The fourth-order valence-electron chi connectivity index (χ4n) is 7.62. The summed E-state index contributed by atoms with van der Waals surface area (Å²) in [5.74, 6) is 4.43. The van der Waals surface area contributed by atoms with Crippen molar-refractivity contribution in [2.75, 3.05) is 38.7 Å². The highest BCUT2D eigenvalue weighted by Crippen LogP contribution is 2.42. The third-order valence-corrected chi connectivity index (χ3v) is 10.6. The van der Waals surface area contributed by atoms with E-state index in [2.05, 4.69) is 119 Å². The van der Waals surface area contributed by atoms with Gasteiger partial charge in [0.25, 0.3) is 0 Å². The molecule has 2 aromatic heterocycles. The monoisotopic (exact) mass is 778 g/mol. The first-order chi connectivity index (χ1) is 29.0. The van der Waals surface area contributed by atoms with Gasteiger partial charge in [0.1, 0.15) is 40.2 Å². The molecular weight excluding hydrogens is 733 g/mol. The van der Waals surface area contributed by atoms with Crippen molar-refractivity contribution in [3.63, 3.8) is 0 Å². The molecule has 0 aliphatic carbocycles. The molecule has 0 aliphatic rings. The summed E-state index contributed by atoms with van der Waals surface area (Å²) in [7, 11) is 6.69. The number of fused-ring (bicyclic) bond motifs is 1. The summed E-state index contributed by atoms with van der Waals surface area (Å²) in [5, 5.41) is 4.82. The van der Waals surface area contributed by atoms with Crippen LogP contribution in [0, 0.1) is 0 Å². The second-order valence-corrected chi connectivity index (χ2v) is 14.2. The maximum absolute atomic E-state index is 5.75. The summed E-state index contributed by atoms with van der Waals surface area (Å²) in [6.07, 6.45) is 1.90. The lowest BCUT2D eigenvalue weighted by Crippen LogP contribution is -2.38. The van der Waals surface area contributed by atoms with Crippen LogP contribution in [0.4, 0.5) is 11.6 Å². The number of benzene rings is 6. The molecule has 2 heterocycles. The Labute approximate surface area is 345 Å². The third-order valence-electron chi connectivity index (χ3n) is 10.6. The maximum atomic E-state index is 5.75. The zero-order valence-electron chi connectivity index (χ0n) is 33.6. The van der Waals surface area contributed by atoms with Crippen LogP contribution in [0.3, 0.4) is 0 Å². The van der Waals surface area contributed by atoms with Crippen LogP contribution < -0.4 is 29.2 Å². The molecule has 0 saturated heterocycles. The minimum absolute atomic E-state index is 0.567. The molecule has 294 valence electrons. The van der Waals surface area contributed by atoms with Gasteiger partial charge in [0, 0.05) is 42.4 Å². The van der Waals surface area contributed by atoms with E-state index in [0.29, 0.717) is 30.4 Å². The Balaban J connectivity index is 1.32. The number of methoxy groups -OCH3 is 4. The van der Waals surface area contributed by atoms with Crippen LogP contribution in [0.5, 0.6) is 23.0 Å². The SMILES string of the molecule is COc1ccc(CN(Cc2ccc(OC)cc2)c2nc3cc(NC(c4ccccc4)(c4ccccc4)c4ccccc4)ncc3cc2-c2cc(OC)cc(OC)c2)cc1. The van der Waals surface area contributed by atoms with Gasteiger partial charge in [-0.3, -0.25) is 0 Å². The number of rotatable bonds is 15. The molecule has 0 unspecified atom stereocenters. The van der Waals surface area contributed by atoms with Crippen molar-refractivity contribution in [3.8, 4) is 34.1 Å². The number of nitrogens with one attached hydrogen (secondary N) is 1. The number of ether oxygens (including phenoxy) is 4. The highest BCUT2D eigenvalue weighted by Gasteiger charge is 2.37. The zero-order valence-corrected chi connectivity index (χ0v) is 33.6. The molecule has 6 aromatic carbocycles. The largest absolute Gasteiger partial charge is 0.497 e. The third kappa shape index (κ3) is 8.25. The molecule has 0 bridgehead atoms. The van der Waals surface area contributed by atoms with E-state index in [0.717, 1.165) is 67.2 Å². The minimum atomic E-state index is -0.765. The minimum Gasteiger partial charge on any atom is -0.497 e. The van der Waals surface area contributed by atoms with E-state index < -0.39 is 5.54 Å². The standard InChI is InChI=1S/C51H46N4O4/c1-56-43-24-20-36(21-25-43)34-55(35-37-22-26-44(57-2)27-23-37)50-47(38-28-45(58-3)31-46(29-38)59-4)30-39-33-52-49(32-48(39)53-50)54-51(40-14-8-5-9-15-40,41-16-10-6-11-17-41)42-18-12-7-13-19-42/h5-33H,34-35H2,1-4H3,(H,52,54). The number of pyridine rings is 2. The van der Waals surface area contributed by atoms with E-state index in [9.17, 15) is 0 Å². The molecule has 0 aliphatic heterocycles. The van der Waals surface area contributed by atoms with Crippen molar-refractivity contribution in [1.82, 2.24) is 9.97 Å². The maximum Gasteiger partial charge on any atom is 0.137 e. The first-order valence-electron chi connectivity index (χ1n) is 19.5. The van der Waals surface area contributed by atoms with Gasteiger partial charge < -0.3 is 29.2 Å². The molecule has 0 saturated carbocycles. The average molecular weight is 779 g/mol. The van der Waals surface area contributed by atoms with E-state index in [1.165, 1.54) is 0 Å². The van der Waals surface area contributed by atoms with Crippen LogP contribution in [0.25, 0.3) is 22.0 Å². The van der Waals surface area contributed by atoms with Gasteiger partial charge in [0.2, 0.25) is 0 Å². The Bertz CT molecular complexity index is 2450. The molecule has 0 fully saturated rings. The number of anilines is 2. The van der Waals surface area contributed by atoms with Crippen LogP contribution >= 0.6 is 0 Å². The summed E-state index contributed by atoms with van der Waals surface area (Å²) < 4.78 is 22.5. The first kappa shape index (κ1) is 38.5. The molecule has 0 radical (unpaired) electrons. The Morgan fingerprint density at radius 3 is 1.41 bits per heavy atom. The predicted octanol–water partition coefficient (Wildman–Crippen LogP) is 10.9. The van der Waals surface area contributed by atoms with E-state index in [-0.39, 0.29) is 0 Å². The molecule has 1 N–H and O–H groups in total. The van der Waals surface area contributed by atoms with Crippen molar-refractivity contribution in [1.29, 1.82) is 0 Å². The Morgan fingerprint density at radius 2 is 0.966 bits per heavy atom. The molecule has 59 heavy (non-hydrogen) atoms. The van der Waals surface area contributed by atoms with Gasteiger partial charge in [0.05, 0.1) is 34.0 Å². The van der Waals surface area contributed by atoms with Crippen LogP contribution in [-0.4, -0.2) is 38.4 Å². The molecular formula is C51H46N4O4.